The molecule has 2 aliphatic rings. The highest BCUT2D eigenvalue weighted by molar-refractivity contribution is 7.88. The van der Waals surface area contributed by atoms with Crippen molar-refractivity contribution in [2.75, 3.05) is 30.8 Å². The summed E-state index contributed by atoms with van der Waals surface area (Å²) in [7, 11) is -3.15. The number of hydrogen-bond acceptors (Lipinski definition) is 5. The van der Waals surface area contributed by atoms with Gasteiger partial charge in [-0.25, -0.2) is 18.4 Å². The van der Waals surface area contributed by atoms with Crippen molar-refractivity contribution < 1.29 is 8.42 Å². The lowest BCUT2D eigenvalue weighted by Crippen LogP contribution is -2.44. The first-order chi connectivity index (χ1) is 9.45. The fraction of sp³-hybridized carbons (Fsp3) is 0.692. The molecule has 2 saturated heterocycles. The molecule has 0 N–H and O–H groups in total. The van der Waals surface area contributed by atoms with Crippen LogP contribution in [0.15, 0.2) is 6.07 Å². The largest absolute Gasteiger partial charge is 0.357 e. The van der Waals surface area contributed by atoms with Gasteiger partial charge in [0.2, 0.25) is 10.0 Å². The molecular formula is C13H20N4O2S. The highest BCUT2D eigenvalue weighted by Gasteiger charge is 2.37. The zero-order chi connectivity index (χ0) is 14.3. The van der Waals surface area contributed by atoms with Crippen LogP contribution in [-0.2, 0) is 10.0 Å². The zero-order valence-corrected chi connectivity index (χ0v) is 12.7. The molecule has 0 amide bonds. The first kappa shape index (κ1) is 13.8. The second-order valence-corrected chi connectivity index (χ2v) is 7.51. The van der Waals surface area contributed by atoms with E-state index in [2.05, 4.69) is 14.9 Å². The minimum absolute atomic E-state index is 0.118. The van der Waals surface area contributed by atoms with E-state index < -0.39 is 10.0 Å². The van der Waals surface area contributed by atoms with E-state index in [1.54, 1.807) is 0 Å². The van der Waals surface area contributed by atoms with E-state index in [-0.39, 0.29) is 6.04 Å². The standard InChI is InChI=1S/C13H20N4O2S/c1-10-14-11(12-5-8-17(12)20(2,18)19)9-13(15-10)16-6-3-4-7-16/h9,12H,3-8H2,1-2H3/t12-/m1/s1. The van der Waals surface area contributed by atoms with E-state index in [4.69, 9.17) is 0 Å². The van der Waals surface area contributed by atoms with Gasteiger partial charge in [0.05, 0.1) is 18.0 Å². The van der Waals surface area contributed by atoms with E-state index in [0.29, 0.717) is 12.4 Å². The second kappa shape index (κ2) is 4.96. The Kier molecular flexibility index (Phi) is 3.41. The first-order valence-electron chi connectivity index (χ1n) is 7.02. The van der Waals surface area contributed by atoms with Crippen LogP contribution in [-0.4, -0.2) is 48.6 Å². The molecule has 2 fully saturated rings. The summed E-state index contributed by atoms with van der Waals surface area (Å²) < 4.78 is 24.9. The third kappa shape index (κ3) is 2.52. The van der Waals surface area contributed by atoms with E-state index in [9.17, 15) is 8.42 Å². The minimum atomic E-state index is -3.15. The van der Waals surface area contributed by atoms with Crippen molar-refractivity contribution in [3.05, 3.63) is 17.6 Å². The number of aryl methyl sites for hydroxylation is 1. The Balaban J connectivity index is 1.90. The van der Waals surface area contributed by atoms with Gasteiger partial charge in [0.15, 0.2) is 0 Å². The van der Waals surface area contributed by atoms with Gasteiger partial charge in [0.25, 0.3) is 0 Å². The lowest BCUT2D eigenvalue weighted by Gasteiger charge is -2.38. The second-order valence-electron chi connectivity index (χ2n) is 5.57. The van der Waals surface area contributed by atoms with Crippen LogP contribution in [0.4, 0.5) is 5.82 Å². The fourth-order valence-electron chi connectivity index (χ4n) is 2.91. The Bertz CT molecular complexity index is 611. The summed E-state index contributed by atoms with van der Waals surface area (Å²) in [5.74, 6) is 1.65. The lowest BCUT2D eigenvalue weighted by molar-refractivity contribution is 0.198. The average molecular weight is 296 g/mol. The van der Waals surface area contributed by atoms with Crippen molar-refractivity contribution in [2.24, 2.45) is 0 Å². The van der Waals surface area contributed by atoms with Gasteiger partial charge in [-0.15, -0.1) is 0 Å². The Morgan fingerprint density at radius 3 is 2.45 bits per heavy atom. The van der Waals surface area contributed by atoms with Crippen molar-refractivity contribution in [3.63, 3.8) is 0 Å². The summed E-state index contributed by atoms with van der Waals surface area (Å²) in [6.07, 6.45) is 4.48. The molecule has 0 radical (unpaired) electrons. The molecule has 2 aliphatic heterocycles. The molecule has 0 spiro atoms. The molecule has 0 aliphatic carbocycles. The van der Waals surface area contributed by atoms with Crippen molar-refractivity contribution in [2.45, 2.75) is 32.2 Å². The zero-order valence-electron chi connectivity index (χ0n) is 11.9. The maximum Gasteiger partial charge on any atom is 0.211 e. The van der Waals surface area contributed by atoms with Gasteiger partial charge >= 0.3 is 0 Å². The van der Waals surface area contributed by atoms with E-state index in [1.807, 2.05) is 13.0 Å². The van der Waals surface area contributed by atoms with E-state index in [0.717, 1.165) is 31.0 Å². The van der Waals surface area contributed by atoms with Crippen LogP contribution in [0.1, 0.15) is 36.8 Å². The third-order valence-corrected chi connectivity index (χ3v) is 5.30. The molecule has 7 heteroatoms. The van der Waals surface area contributed by atoms with Crippen molar-refractivity contribution >= 4 is 15.8 Å². The first-order valence-corrected chi connectivity index (χ1v) is 8.87. The molecule has 0 unspecified atom stereocenters. The van der Waals surface area contributed by atoms with Gasteiger partial charge < -0.3 is 4.90 Å². The predicted molar refractivity (Wildman–Crippen MR) is 77.1 cm³/mol. The summed E-state index contributed by atoms with van der Waals surface area (Å²) in [6, 6.07) is 1.84. The van der Waals surface area contributed by atoms with Crippen LogP contribution in [0, 0.1) is 6.92 Å². The number of anilines is 1. The van der Waals surface area contributed by atoms with Crippen LogP contribution in [0.2, 0.25) is 0 Å². The quantitative estimate of drug-likeness (QED) is 0.835. The SMILES string of the molecule is Cc1nc([C@H]2CCN2S(C)(=O)=O)cc(N2CCCC2)n1. The molecule has 3 heterocycles. The predicted octanol–water partition coefficient (Wildman–Crippen LogP) is 1.09. The smallest absolute Gasteiger partial charge is 0.211 e. The number of nitrogens with zero attached hydrogens (tertiary/aromatic N) is 4. The molecular weight excluding hydrogens is 276 g/mol. The van der Waals surface area contributed by atoms with Crippen LogP contribution in [0.5, 0.6) is 0 Å². The number of hydrogen-bond donors (Lipinski definition) is 0. The Morgan fingerprint density at radius 1 is 1.20 bits per heavy atom. The van der Waals surface area contributed by atoms with Crippen LogP contribution < -0.4 is 4.90 Å². The molecule has 1 atom stereocenters. The van der Waals surface area contributed by atoms with Gasteiger partial charge in [-0.05, 0) is 26.2 Å². The minimum Gasteiger partial charge on any atom is -0.357 e. The summed E-state index contributed by atoms with van der Waals surface area (Å²) in [5, 5.41) is 0. The van der Waals surface area contributed by atoms with Gasteiger partial charge in [0, 0.05) is 25.7 Å². The molecule has 0 aromatic carbocycles. The van der Waals surface area contributed by atoms with Gasteiger partial charge in [-0.2, -0.15) is 4.31 Å². The molecule has 1 aromatic heterocycles. The highest BCUT2D eigenvalue weighted by Crippen LogP contribution is 2.35. The van der Waals surface area contributed by atoms with Crippen LogP contribution in [0.3, 0.4) is 0 Å². The molecule has 0 bridgehead atoms. The van der Waals surface area contributed by atoms with Crippen molar-refractivity contribution in [1.82, 2.24) is 14.3 Å². The number of rotatable bonds is 3. The maximum absolute atomic E-state index is 11.7. The van der Waals surface area contributed by atoms with Crippen molar-refractivity contribution in [3.8, 4) is 0 Å². The Morgan fingerprint density at radius 2 is 1.90 bits per heavy atom. The van der Waals surface area contributed by atoms with Gasteiger partial charge in [-0.3, -0.25) is 0 Å². The Labute approximate surface area is 119 Å². The molecule has 3 rings (SSSR count). The molecule has 6 nitrogen and oxygen atoms in total. The normalized spacial score (nSPS) is 23.9. The van der Waals surface area contributed by atoms with Crippen LogP contribution in [0.25, 0.3) is 0 Å². The highest BCUT2D eigenvalue weighted by atomic mass is 32.2. The molecule has 0 saturated carbocycles. The van der Waals surface area contributed by atoms with E-state index >= 15 is 0 Å². The number of aromatic nitrogens is 2. The third-order valence-electron chi connectivity index (χ3n) is 4.01. The van der Waals surface area contributed by atoms with Gasteiger partial charge in [-0.1, -0.05) is 0 Å². The topological polar surface area (TPSA) is 66.4 Å². The average Bonchev–Trinajstić information content (AvgIpc) is 2.77. The summed E-state index contributed by atoms with van der Waals surface area (Å²) >= 11 is 0. The molecule has 20 heavy (non-hydrogen) atoms. The van der Waals surface area contributed by atoms with Crippen LogP contribution >= 0.6 is 0 Å². The maximum atomic E-state index is 11.7. The monoisotopic (exact) mass is 296 g/mol. The summed E-state index contributed by atoms with van der Waals surface area (Å²) in [5.41, 5.74) is 0.830. The van der Waals surface area contributed by atoms with E-state index in [1.165, 1.54) is 23.4 Å². The summed E-state index contributed by atoms with van der Waals surface area (Å²) in [4.78, 5) is 11.2. The van der Waals surface area contributed by atoms with Crippen molar-refractivity contribution in [1.29, 1.82) is 0 Å². The summed E-state index contributed by atoms with van der Waals surface area (Å²) in [6.45, 7) is 4.50. The lowest BCUT2D eigenvalue weighted by atomic mass is 10.0. The Hall–Kier alpha value is -1.21. The molecule has 1 aromatic rings. The number of sulfonamides is 1. The molecule has 110 valence electrons. The van der Waals surface area contributed by atoms with Gasteiger partial charge in [0.1, 0.15) is 11.6 Å². The fourth-order valence-corrected chi connectivity index (χ4v) is 4.02.